The van der Waals surface area contributed by atoms with Crippen molar-refractivity contribution in [3.63, 3.8) is 0 Å². The third kappa shape index (κ3) is 1.71. The summed E-state index contributed by atoms with van der Waals surface area (Å²) in [5, 5.41) is 3.38. The minimum atomic E-state index is -0.170. The van der Waals surface area contributed by atoms with Gasteiger partial charge in [-0.1, -0.05) is 0 Å². The summed E-state index contributed by atoms with van der Waals surface area (Å²) < 4.78 is 4.76. The van der Waals surface area contributed by atoms with Crippen molar-refractivity contribution in [2.75, 3.05) is 33.3 Å². The summed E-state index contributed by atoms with van der Waals surface area (Å²) in [4.78, 5) is 13.2. The Morgan fingerprint density at radius 1 is 1.50 bits per heavy atom. The number of likely N-dealkylation sites (tertiary alicyclic amines) is 1. The molecule has 4 heteroatoms. The van der Waals surface area contributed by atoms with Gasteiger partial charge in [0.1, 0.15) is 0 Å². The summed E-state index contributed by atoms with van der Waals surface area (Å²) in [5.41, 5.74) is 0.340. The molecule has 0 aromatic rings. The average molecular weight is 198 g/mol. The molecule has 0 saturated carbocycles. The molecule has 2 saturated heterocycles. The lowest BCUT2D eigenvalue weighted by atomic mass is 9.79. The van der Waals surface area contributed by atoms with Crippen molar-refractivity contribution in [2.45, 2.75) is 19.3 Å². The lowest BCUT2D eigenvalue weighted by Gasteiger charge is -2.39. The zero-order valence-corrected chi connectivity index (χ0v) is 8.71. The Hall–Kier alpha value is -0.770. The van der Waals surface area contributed by atoms with Crippen LogP contribution in [0, 0.1) is 5.41 Å². The molecule has 0 aromatic carbocycles. The van der Waals surface area contributed by atoms with Gasteiger partial charge in [-0.2, -0.15) is 0 Å². The van der Waals surface area contributed by atoms with Crippen LogP contribution in [0.5, 0.6) is 0 Å². The van der Waals surface area contributed by atoms with E-state index >= 15 is 0 Å². The highest BCUT2D eigenvalue weighted by molar-refractivity contribution is 5.67. The van der Waals surface area contributed by atoms with Crippen LogP contribution in [0.1, 0.15) is 19.3 Å². The van der Waals surface area contributed by atoms with Gasteiger partial charge in [-0.05, 0) is 25.8 Å². The summed E-state index contributed by atoms with van der Waals surface area (Å²) in [6.45, 7) is 3.87. The number of nitrogens with one attached hydrogen (secondary N) is 1. The highest BCUT2D eigenvalue weighted by atomic mass is 16.5. The van der Waals surface area contributed by atoms with E-state index in [9.17, 15) is 4.79 Å². The van der Waals surface area contributed by atoms with E-state index in [1.165, 1.54) is 20.0 Å². The molecule has 2 fully saturated rings. The first kappa shape index (κ1) is 9.77. The molecule has 1 N–H and O–H groups in total. The van der Waals surface area contributed by atoms with E-state index in [2.05, 4.69) is 5.32 Å². The number of carbonyl (C=O) groups is 1. The fourth-order valence-corrected chi connectivity index (χ4v) is 2.64. The highest BCUT2D eigenvalue weighted by Gasteiger charge is 2.39. The maximum Gasteiger partial charge on any atom is 0.409 e. The van der Waals surface area contributed by atoms with Gasteiger partial charge in [-0.15, -0.1) is 0 Å². The summed E-state index contributed by atoms with van der Waals surface area (Å²) in [6, 6.07) is 0. The van der Waals surface area contributed by atoms with E-state index in [1.807, 2.05) is 4.90 Å². The van der Waals surface area contributed by atoms with Gasteiger partial charge >= 0.3 is 6.09 Å². The molecule has 0 bridgehead atoms. The number of amides is 1. The van der Waals surface area contributed by atoms with Gasteiger partial charge in [-0.3, -0.25) is 0 Å². The van der Waals surface area contributed by atoms with Crippen molar-refractivity contribution in [2.24, 2.45) is 5.41 Å². The third-order valence-electron chi connectivity index (χ3n) is 3.43. The normalized spacial score (nSPS) is 32.2. The van der Waals surface area contributed by atoms with E-state index in [-0.39, 0.29) is 6.09 Å². The fraction of sp³-hybridized carbons (Fsp3) is 0.900. The number of piperidine rings is 1. The molecule has 14 heavy (non-hydrogen) atoms. The molecule has 1 unspecified atom stereocenters. The molecule has 1 atom stereocenters. The predicted octanol–water partition coefficient (Wildman–Crippen LogP) is 0.828. The number of methoxy groups -OCH3 is 1. The second-order valence-corrected chi connectivity index (χ2v) is 4.42. The van der Waals surface area contributed by atoms with Gasteiger partial charge in [0.2, 0.25) is 0 Å². The maximum atomic E-state index is 11.4. The van der Waals surface area contributed by atoms with Crippen molar-refractivity contribution >= 4 is 6.09 Å². The molecule has 2 heterocycles. The average Bonchev–Trinajstić information content (AvgIpc) is 2.65. The maximum absolute atomic E-state index is 11.4. The quantitative estimate of drug-likeness (QED) is 0.627. The van der Waals surface area contributed by atoms with E-state index in [0.717, 1.165) is 32.6 Å². The molecule has 0 aliphatic carbocycles. The molecule has 4 nitrogen and oxygen atoms in total. The summed E-state index contributed by atoms with van der Waals surface area (Å²) in [7, 11) is 1.45. The molecular weight excluding hydrogens is 180 g/mol. The minimum Gasteiger partial charge on any atom is -0.453 e. The van der Waals surface area contributed by atoms with Gasteiger partial charge < -0.3 is 15.0 Å². The Labute approximate surface area is 84.6 Å². The minimum absolute atomic E-state index is 0.170. The van der Waals surface area contributed by atoms with Crippen molar-refractivity contribution in [3.05, 3.63) is 0 Å². The Morgan fingerprint density at radius 2 is 2.36 bits per heavy atom. The van der Waals surface area contributed by atoms with Crippen molar-refractivity contribution in [3.8, 4) is 0 Å². The van der Waals surface area contributed by atoms with Gasteiger partial charge in [0.25, 0.3) is 0 Å². The number of carbonyl (C=O) groups excluding carboxylic acids is 1. The number of ether oxygens (including phenoxy) is 1. The van der Waals surface area contributed by atoms with E-state index in [4.69, 9.17) is 4.74 Å². The molecule has 2 aliphatic heterocycles. The van der Waals surface area contributed by atoms with Crippen LogP contribution in [-0.2, 0) is 4.74 Å². The van der Waals surface area contributed by atoms with Crippen LogP contribution in [-0.4, -0.2) is 44.3 Å². The highest BCUT2D eigenvalue weighted by Crippen LogP contribution is 2.35. The Morgan fingerprint density at radius 3 is 3.00 bits per heavy atom. The number of hydrogen-bond donors (Lipinski definition) is 1. The zero-order valence-electron chi connectivity index (χ0n) is 8.71. The third-order valence-corrected chi connectivity index (χ3v) is 3.43. The number of nitrogens with zero attached hydrogens (tertiary/aromatic N) is 1. The van der Waals surface area contributed by atoms with Crippen LogP contribution in [0.25, 0.3) is 0 Å². The molecule has 1 amide bonds. The van der Waals surface area contributed by atoms with Gasteiger partial charge in [0.05, 0.1) is 7.11 Å². The Bertz CT molecular complexity index is 224. The van der Waals surface area contributed by atoms with Crippen LogP contribution in [0.3, 0.4) is 0 Å². The lowest BCUT2D eigenvalue weighted by Crippen LogP contribution is -2.47. The van der Waals surface area contributed by atoms with Crippen molar-refractivity contribution < 1.29 is 9.53 Å². The van der Waals surface area contributed by atoms with Crippen molar-refractivity contribution in [1.29, 1.82) is 0 Å². The molecule has 0 radical (unpaired) electrons. The van der Waals surface area contributed by atoms with Crippen molar-refractivity contribution in [1.82, 2.24) is 10.2 Å². The van der Waals surface area contributed by atoms with Crippen LogP contribution in [0.15, 0.2) is 0 Å². The van der Waals surface area contributed by atoms with Crippen LogP contribution < -0.4 is 5.32 Å². The first-order valence-corrected chi connectivity index (χ1v) is 5.29. The monoisotopic (exact) mass is 198 g/mol. The topological polar surface area (TPSA) is 41.6 Å². The predicted molar refractivity (Wildman–Crippen MR) is 53.1 cm³/mol. The lowest BCUT2D eigenvalue weighted by molar-refractivity contribution is 0.0746. The second-order valence-electron chi connectivity index (χ2n) is 4.42. The molecular formula is C10H18N2O2. The number of rotatable bonds is 0. The molecule has 1 spiro atoms. The smallest absolute Gasteiger partial charge is 0.409 e. The summed E-state index contributed by atoms with van der Waals surface area (Å²) >= 11 is 0. The Balaban J connectivity index is 1.99. The first-order valence-electron chi connectivity index (χ1n) is 5.29. The molecule has 2 rings (SSSR count). The summed E-state index contributed by atoms with van der Waals surface area (Å²) in [6.07, 6.45) is 3.38. The van der Waals surface area contributed by atoms with Gasteiger partial charge in [-0.25, -0.2) is 4.79 Å². The zero-order chi connectivity index (χ0) is 10.0. The Kier molecular flexibility index (Phi) is 2.63. The van der Waals surface area contributed by atoms with Crippen LogP contribution in [0.2, 0.25) is 0 Å². The van der Waals surface area contributed by atoms with Gasteiger partial charge in [0.15, 0.2) is 0 Å². The fourth-order valence-electron chi connectivity index (χ4n) is 2.64. The largest absolute Gasteiger partial charge is 0.453 e. The standard InChI is InChI=1S/C10H18N2O2/c1-14-9(13)12-6-2-3-10(8-12)4-5-11-7-10/h11H,2-8H2,1H3. The van der Waals surface area contributed by atoms with E-state index < -0.39 is 0 Å². The summed E-state index contributed by atoms with van der Waals surface area (Å²) in [5.74, 6) is 0. The molecule has 80 valence electrons. The first-order chi connectivity index (χ1) is 6.76. The SMILES string of the molecule is COC(=O)N1CCCC2(CCNC2)C1. The van der Waals surface area contributed by atoms with E-state index in [1.54, 1.807) is 0 Å². The van der Waals surface area contributed by atoms with E-state index in [0.29, 0.717) is 5.41 Å². The van der Waals surface area contributed by atoms with Crippen LogP contribution in [0.4, 0.5) is 4.79 Å². The number of hydrogen-bond acceptors (Lipinski definition) is 3. The molecule has 2 aliphatic rings. The van der Waals surface area contributed by atoms with Gasteiger partial charge in [0, 0.05) is 25.0 Å². The second kappa shape index (κ2) is 3.77. The molecule has 0 aromatic heterocycles. The van der Waals surface area contributed by atoms with Crippen LogP contribution >= 0.6 is 0 Å².